The summed E-state index contributed by atoms with van der Waals surface area (Å²) in [6.45, 7) is 0.00503. The first-order valence-electron chi connectivity index (χ1n) is 10.4. The van der Waals surface area contributed by atoms with Crippen LogP contribution in [0.3, 0.4) is 0 Å². The molecule has 1 aromatic heterocycles. The van der Waals surface area contributed by atoms with Gasteiger partial charge in [0.25, 0.3) is 5.91 Å². The number of amides is 1. The first-order chi connectivity index (χ1) is 15.5. The van der Waals surface area contributed by atoms with E-state index in [0.717, 1.165) is 18.2 Å². The summed E-state index contributed by atoms with van der Waals surface area (Å²) >= 11 is 0. The van der Waals surface area contributed by atoms with E-state index in [-0.39, 0.29) is 18.2 Å². The lowest BCUT2D eigenvalue weighted by atomic mass is 10.0. The summed E-state index contributed by atoms with van der Waals surface area (Å²) in [6.07, 6.45) is 3.44. The molecule has 0 saturated heterocycles. The minimum atomic E-state index is -0.534. The third kappa shape index (κ3) is 3.82. The summed E-state index contributed by atoms with van der Waals surface area (Å²) in [7, 11) is 1.56. The lowest BCUT2D eigenvalue weighted by Gasteiger charge is -2.20. The van der Waals surface area contributed by atoms with Crippen LogP contribution in [0.2, 0.25) is 0 Å². The monoisotopic (exact) mass is 433 g/mol. The van der Waals surface area contributed by atoms with E-state index in [2.05, 4.69) is 10.2 Å². The minimum Gasteiger partial charge on any atom is -0.490 e. The molecule has 0 aliphatic heterocycles. The molecule has 0 bridgehead atoms. The minimum absolute atomic E-state index is 0.00503. The number of aromatic amines is 1. The van der Waals surface area contributed by atoms with Crippen LogP contribution in [-0.2, 0) is 6.54 Å². The molecule has 32 heavy (non-hydrogen) atoms. The fourth-order valence-electron chi connectivity index (χ4n) is 3.78. The van der Waals surface area contributed by atoms with Crippen LogP contribution in [-0.4, -0.2) is 34.2 Å². The summed E-state index contributed by atoms with van der Waals surface area (Å²) in [6, 6.07) is 14.9. The first kappa shape index (κ1) is 20.2. The van der Waals surface area contributed by atoms with Crippen molar-refractivity contribution in [2.75, 3.05) is 7.05 Å². The van der Waals surface area contributed by atoms with Crippen molar-refractivity contribution in [1.29, 1.82) is 0 Å². The molecule has 1 heterocycles. The van der Waals surface area contributed by atoms with Crippen molar-refractivity contribution >= 4 is 16.8 Å². The van der Waals surface area contributed by atoms with Crippen LogP contribution >= 0.6 is 0 Å². The van der Waals surface area contributed by atoms with Crippen molar-refractivity contribution in [1.82, 2.24) is 15.1 Å². The summed E-state index contributed by atoms with van der Waals surface area (Å²) in [5.41, 5.74) is 2.03. The van der Waals surface area contributed by atoms with Gasteiger partial charge in [-0.2, -0.15) is 5.10 Å². The van der Waals surface area contributed by atoms with Crippen LogP contribution in [0, 0.1) is 11.6 Å². The highest BCUT2D eigenvalue weighted by Crippen LogP contribution is 2.38. The fraction of sp³-hybridized carbons (Fsp3) is 0.200. The molecule has 7 heteroatoms. The van der Waals surface area contributed by atoms with Gasteiger partial charge in [0.05, 0.1) is 29.9 Å². The van der Waals surface area contributed by atoms with Gasteiger partial charge >= 0.3 is 0 Å². The Hall–Kier alpha value is -3.74. The molecule has 0 unspecified atom stereocenters. The number of rotatable bonds is 6. The van der Waals surface area contributed by atoms with E-state index < -0.39 is 17.5 Å². The molecule has 1 aliphatic carbocycles. The highest BCUT2D eigenvalue weighted by Gasteiger charge is 2.27. The Morgan fingerprint density at radius 3 is 2.66 bits per heavy atom. The molecule has 3 aromatic carbocycles. The van der Waals surface area contributed by atoms with Gasteiger partial charge in [-0.25, -0.2) is 8.78 Å². The van der Waals surface area contributed by atoms with Crippen molar-refractivity contribution in [2.24, 2.45) is 0 Å². The van der Waals surface area contributed by atoms with E-state index >= 15 is 4.39 Å². The zero-order valence-electron chi connectivity index (χ0n) is 17.4. The number of carbonyl (C=O) groups excluding carboxylic acids is 1. The van der Waals surface area contributed by atoms with Crippen LogP contribution in [0.5, 0.6) is 5.75 Å². The maximum absolute atomic E-state index is 15.2. The molecule has 1 saturated carbocycles. The number of hydrogen-bond donors (Lipinski definition) is 1. The summed E-state index contributed by atoms with van der Waals surface area (Å²) in [5, 5.41) is 7.48. The van der Waals surface area contributed by atoms with Gasteiger partial charge in [0.2, 0.25) is 0 Å². The van der Waals surface area contributed by atoms with E-state index in [9.17, 15) is 9.18 Å². The molecular formula is C25H21F2N3O2. The van der Waals surface area contributed by atoms with E-state index in [1.807, 2.05) is 18.2 Å². The highest BCUT2D eigenvalue weighted by molar-refractivity contribution is 5.96. The van der Waals surface area contributed by atoms with E-state index in [1.54, 1.807) is 37.5 Å². The second-order valence-corrected chi connectivity index (χ2v) is 8.04. The zero-order chi connectivity index (χ0) is 22.2. The molecule has 5 nitrogen and oxygen atoms in total. The third-order valence-corrected chi connectivity index (χ3v) is 5.59. The van der Waals surface area contributed by atoms with E-state index in [4.69, 9.17) is 4.74 Å². The van der Waals surface area contributed by atoms with Crippen LogP contribution in [0.25, 0.3) is 22.0 Å². The van der Waals surface area contributed by atoms with Crippen molar-refractivity contribution in [2.45, 2.75) is 25.5 Å². The molecule has 5 rings (SSSR count). The molecule has 1 amide bonds. The lowest BCUT2D eigenvalue weighted by molar-refractivity contribution is 0.0783. The Morgan fingerprint density at radius 1 is 1.12 bits per heavy atom. The first-order valence-corrected chi connectivity index (χ1v) is 10.4. The van der Waals surface area contributed by atoms with Gasteiger partial charge in [-0.3, -0.25) is 9.89 Å². The SMILES string of the molecule is CN(Cc1c(F)ccc2cn[nH]c12)C(=O)c1cc(F)c(-c2ccccc2)c(OC2CC2)c1. The van der Waals surface area contributed by atoms with Crippen LogP contribution < -0.4 is 4.74 Å². The average Bonchev–Trinajstić information content (AvgIpc) is 3.48. The van der Waals surface area contributed by atoms with Crippen LogP contribution in [0.1, 0.15) is 28.8 Å². The van der Waals surface area contributed by atoms with Gasteiger partial charge in [-0.05, 0) is 42.7 Å². The number of aromatic nitrogens is 2. The molecule has 162 valence electrons. The van der Waals surface area contributed by atoms with Crippen LogP contribution in [0.15, 0.2) is 60.8 Å². The number of hydrogen-bond acceptors (Lipinski definition) is 3. The summed E-state index contributed by atoms with van der Waals surface area (Å²) in [4.78, 5) is 14.5. The Bertz CT molecular complexity index is 1300. The van der Waals surface area contributed by atoms with Crippen molar-refractivity contribution in [3.8, 4) is 16.9 Å². The molecule has 4 aromatic rings. The molecule has 0 radical (unpaired) electrons. The number of nitrogens with one attached hydrogen (secondary N) is 1. The maximum atomic E-state index is 15.2. The van der Waals surface area contributed by atoms with Crippen LogP contribution in [0.4, 0.5) is 8.78 Å². The second kappa shape index (κ2) is 8.07. The summed E-state index contributed by atoms with van der Waals surface area (Å²) in [5.74, 6) is -1.06. The third-order valence-electron chi connectivity index (χ3n) is 5.59. The van der Waals surface area contributed by atoms with Gasteiger partial charge in [0, 0.05) is 23.6 Å². The van der Waals surface area contributed by atoms with Gasteiger partial charge in [-0.15, -0.1) is 0 Å². The summed E-state index contributed by atoms with van der Waals surface area (Å²) < 4.78 is 35.7. The normalized spacial score (nSPS) is 13.3. The lowest BCUT2D eigenvalue weighted by Crippen LogP contribution is -2.27. The Kier molecular flexibility index (Phi) is 5.09. The second-order valence-electron chi connectivity index (χ2n) is 8.04. The Labute approximate surface area is 183 Å². The maximum Gasteiger partial charge on any atom is 0.254 e. The standard InChI is InChI=1S/C25H21F2N3O2/c1-30(14-19-20(26)10-7-16-13-28-29-24(16)19)25(31)17-11-21(27)23(15-5-3-2-4-6-15)22(12-17)32-18-8-9-18/h2-7,10-13,18H,8-9,14H2,1H3,(H,28,29). The predicted molar refractivity (Wildman–Crippen MR) is 117 cm³/mol. The molecule has 1 N–H and O–H groups in total. The van der Waals surface area contributed by atoms with Gasteiger partial charge in [0.15, 0.2) is 0 Å². The van der Waals surface area contributed by atoms with Crippen molar-refractivity contribution in [3.63, 3.8) is 0 Å². The highest BCUT2D eigenvalue weighted by atomic mass is 19.1. The van der Waals surface area contributed by atoms with Crippen molar-refractivity contribution < 1.29 is 18.3 Å². The molecule has 1 aliphatic rings. The Balaban J connectivity index is 1.48. The van der Waals surface area contributed by atoms with E-state index in [0.29, 0.717) is 28.0 Å². The number of H-pyrrole nitrogens is 1. The molecule has 0 atom stereocenters. The number of carbonyl (C=O) groups is 1. The van der Waals surface area contributed by atoms with E-state index in [1.165, 1.54) is 17.0 Å². The smallest absolute Gasteiger partial charge is 0.254 e. The molecule has 0 spiro atoms. The molecular weight excluding hydrogens is 412 g/mol. The zero-order valence-corrected chi connectivity index (χ0v) is 17.4. The predicted octanol–water partition coefficient (Wildman–Crippen LogP) is 5.32. The van der Waals surface area contributed by atoms with Gasteiger partial charge < -0.3 is 9.64 Å². The quantitative estimate of drug-likeness (QED) is 0.448. The van der Waals surface area contributed by atoms with Gasteiger partial charge in [0.1, 0.15) is 17.4 Å². The number of halogens is 2. The average molecular weight is 433 g/mol. The van der Waals surface area contributed by atoms with Crippen molar-refractivity contribution in [3.05, 3.63) is 83.6 Å². The Morgan fingerprint density at radius 2 is 1.91 bits per heavy atom. The largest absolute Gasteiger partial charge is 0.490 e. The number of benzene rings is 3. The van der Waals surface area contributed by atoms with Gasteiger partial charge in [-0.1, -0.05) is 30.3 Å². The number of ether oxygens (including phenoxy) is 1. The number of nitrogens with zero attached hydrogens (tertiary/aromatic N) is 2. The number of fused-ring (bicyclic) bond motifs is 1. The fourth-order valence-corrected chi connectivity index (χ4v) is 3.78. The topological polar surface area (TPSA) is 58.2 Å². The molecule has 1 fully saturated rings.